The summed E-state index contributed by atoms with van der Waals surface area (Å²) in [6.45, 7) is 9.59. The van der Waals surface area contributed by atoms with E-state index in [9.17, 15) is 0 Å². The molecule has 0 nitrogen and oxygen atoms in total. The van der Waals surface area contributed by atoms with Gasteiger partial charge in [-0.3, -0.25) is 0 Å². The number of rotatable bonds is 4. The third kappa shape index (κ3) is 5.44. The molecule has 0 saturated heterocycles. The summed E-state index contributed by atoms with van der Waals surface area (Å²) in [5.74, 6) is 0. The van der Waals surface area contributed by atoms with Gasteiger partial charge in [-0.1, -0.05) is 45.5 Å². The topological polar surface area (TPSA) is 0 Å². The van der Waals surface area contributed by atoms with Crippen molar-refractivity contribution >= 4 is 18.3 Å². The van der Waals surface area contributed by atoms with E-state index in [1.165, 1.54) is 29.5 Å². The zero-order valence-electron chi connectivity index (χ0n) is 8.70. The van der Waals surface area contributed by atoms with E-state index < -0.39 is 8.07 Å². The van der Waals surface area contributed by atoms with Crippen molar-refractivity contribution in [2.75, 3.05) is 0 Å². The zero-order chi connectivity index (χ0) is 8.91. The van der Waals surface area contributed by atoms with Crippen LogP contribution in [-0.4, -0.2) is 18.3 Å². The molecule has 0 N–H and O–H groups in total. The Morgan fingerprint density at radius 3 is 2.27 bits per heavy atom. The SMILES string of the molecule is CCCCC=C([SiH3])[Si](C)(C)C. The average molecular weight is 186 g/mol. The van der Waals surface area contributed by atoms with Crippen molar-refractivity contribution in [3.05, 3.63) is 10.9 Å². The van der Waals surface area contributed by atoms with E-state index >= 15 is 0 Å². The molecule has 0 heterocycles. The Hall–Kier alpha value is 0.174. The Morgan fingerprint density at radius 2 is 1.91 bits per heavy atom. The van der Waals surface area contributed by atoms with Crippen LogP contribution in [0, 0.1) is 0 Å². The molecule has 2 heteroatoms. The largest absolute Gasteiger partial charge is 0.105 e. The summed E-state index contributed by atoms with van der Waals surface area (Å²) >= 11 is 0. The molecule has 0 bridgehead atoms. The summed E-state index contributed by atoms with van der Waals surface area (Å²) in [6.07, 6.45) is 6.52. The van der Waals surface area contributed by atoms with Crippen LogP contribution in [0.5, 0.6) is 0 Å². The molecule has 0 unspecified atom stereocenters. The van der Waals surface area contributed by atoms with E-state index in [4.69, 9.17) is 0 Å². The first kappa shape index (κ1) is 11.2. The average Bonchev–Trinajstić information content (AvgIpc) is 1.86. The Labute approximate surface area is 75.5 Å². The highest BCUT2D eigenvalue weighted by Gasteiger charge is 2.13. The second kappa shape index (κ2) is 4.93. The van der Waals surface area contributed by atoms with Gasteiger partial charge >= 0.3 is 0 Å². The molecule has 0 radical (unpaired) electrons. The normalized spacial score (nSPS) is 14.0. The molecule has 0 atom stereocenters. The Bertz CT molecular complexity index is 131. The van der Waals surface area contributed by atoms with Crippen molar-refractivity contribution < 1.29 is 0 Å². The van der Waals surface area contributed by atoms with Crippen LogP contribution in [0.3, 0.4) is 0 Å². The van der Waals surface area contributed by atoms with Crippen molar-refractivity contribution in [1.82, 2.24) is 0 Å². The van der Waals surface area contributed by atoms with Crippen LogP contribution < -0.4 is 0 Å². The Kier molecular flexibility index (Phi) is 5.01. The molecular weight excluding hydrogens is 164 g/mol. The van der Waals surface area contributed by atoms with Gasteiger partial charge in [-0.2, -0.15) is 0 Å². The molecule has 0 aliphatic rings. The predicted octanol–water partition coefficient (Wildman–Crippen LogP) is 2.30. The van der Waals surface area contributed by atoms with Gasteiger partial charge in [-0.25, -0.2) is 0 Å². The van der Waals surface area contributed by atoms with Gasteiger partial charge in [-0.05, 0) is 6.42 Å². The molecule has 0 spiro atoms. The number of hydrogen-bond donors (Lipinski definition) is 0. The quantitative estimate of drug-likeness (QED) is 0.467. The second-order valence-corrected chi connectivity index (χ2v) is 11.6. The highest BCUT2D eigenvalue weighted by atomic mass is 28.4. The predicted molar refractivity (Wildman–Crippen MR) is 60.9 cm³/mol. The summed E-state index contributed by atoms with van der Waals surface area (Å²) in [5.41, 5.74) is 0. The minimum Gasteiger partial charge on any atom is -0.105 e. The van der Waals surface area contributed by atoms with Crippen LogP contribution in [0.15, 0.2) is 10.9 Å². The van der Waals surface area contributed by atoms with E-state index in [2.05, 4.69) is 32.6 Å². The fraction of sp³-hybridized carbons (Fsp3) is 0.778. The van der Waals surface area contributed by atoms with Gasteiger partial charge in [0.15, 0.2) is 0 Å². The first-order valence-electron chi connectivity index (χ1n) is 4.65. The van der Waals surface area contributed by atoms with E-state index in [0.717, 1.165) is 0 Å². The second-order valence-electron chi connectivity index (χ2n) is 4.28. The van der Waals surface area contributed by atoms with E-state index in [-0.39, 0.29) is 0 Å². The molecule has 0 aliphatic carbocycles. The maximum absolute atomic E-state index is 2.50. The third-order valence-corrected chi connectivity index (χ3v) is 9.67. The molecule has 0 rings (SSSR count). The summed E-state index contributed by atoms with van der Waals surface area (Å²) in [4.78, 5) is 1.80. The lowest BCUT2D eigenvalue weighted by Gasteiger charge is -2.16. The molecule has 0 aromatic rings. The fourth-order valence-electron chi connectivity index (χ4n) is 0.829. The third-order valence-electron chi connectivity index (χ3n) is 2.19. The van der Waals surface area contributed by atoms with E-state index in [1.807, 2.05) is 0 Å². The monoisotopic (exact) mass is 186 g/mol. The minimum atomic E-state index is -0.888. The van der Waals surface area contributed by atoms with Crippen molar-refractivity contribution in [3.63, 3.8) is 0 Å². The van der Waals surface area contributed by atoms with E-state index in [1.54, 1.807) is 4.82 Å². The Balaban J connectivity index is 3.81. The van der Waals surface area contributed by atoms with Gasteiger partial charge in [0.25, 0.3) is 0 Å². The van der Waals surface area contributed by atoms with Crippen LogP contribution in [0.4, 0.5) is 0 Å². The van der Waals surface area contributed by atoms with Gasteiger partial charge in [0.2, 0.25) is 0 Å². The van der Waals surface area contributed by atoms with Gasteiger partial charge < -0.3 is 0 Å². The molecule has 0 aliphatic heterocycles. The van der Waals surface area contributed by atoms with Crippen LogP contribution >= 0.6 is 0 Å². The van der Waals surface area contributed by atoms with E-state index in [0.29, 0.717) is 0 Å². The van der Waals surface area contributed by atoms with Gasteiger partial charge in [0, 0.05) is 10.2 Å². The molecule has 0 saturated carbocycles. The van der Waals surface area contributed by atoms with Gasteiger partial charge in [-0.15, -0.1) is 4.82 Å². The van der Waals surface area contributed by atoms with Crippen LogP contribution in [0.2, 0.25) is 19.6 Å². The van der Waals surface area contributed by atoms with Crippen molar-refractivity contribution in [2.24, 2.45) is 0 Å². The first-order valence-corrected chi connectivity index (χ1v) is 9.15. The van der Waals surface area contributed by atoms with Gasteiger partial charge in [0.1, 0.15) is 0 Å². The zero-order valence-corrected chi connectivity index (χ0v) is 11.7. The van der Waals surface area contributed by atoms with Crippen LogP contribution in [0.1, 0.15) is 26.2 Å². The maximum Gasteiger partial charge on any atom is 0.0665 e. The number of hydrogen-bond acceptors (Lipinski definition) is 0. The first-order chi connectivity index (χ1) is 4.98. The summed E-state index contributed by atoms with van der Waals surface area (Å²) in [5, 5.41) is 0. The summed E-state index contributed by atoms with van der Waals surface area (Å²) in [6, 6.07) is 0. The fourth-order valence-corrected chi connectivity index (χ4v) is 1.87. The smallest absolute Gasteiger partial charge is 0.0665 e. The molecule has 0 amide bonds. The molecule has 11 heavy (non-hydrogen) atoms. The van der Waals surface area contributed by atoms with Crippen molar-refractivity contribution in [2.45, 2.75) is 45.8 Å². The molecule has 0 aromatic carbocycles. The standard InChI is InChI=1S/C9H22Si2/c1-5-6-7-8-9(10)11(2,3)4/h8H,5-7H2,1-4,10H3. The molecule has 0 fully saturated rings. The highest BCUT2D eigenvalue weighted by molar-refractivity contribution is 6.90. The van der Waals surface area contributed by atoms with Crippen molar-refractivity contribution in [3.8, 4) is 0 Å². The highest BCUT2D eigenvalue weighted by Crippen LogP contribution is 2.12. The molecule has 0 aromatic heterocycles. The van der Waals surface area contributed by atoms with Crippen LogP contribution in [0.25, 0.3) is 0 Å². The lowest BCUT2D eigenvalue weighted by Crippen LogP contribution is -2.24. The lowest BCUT2D eigenvalue weighted by molar-refractivity contribution is 0.814. The minimum absolute atomic E-state index is 0.888. The Morgan fingerprint density at radius 1 is 1.36 bits per heavy atom. The maximum atomic E-state index is 2.50. The number of allylic oxidation sites excluding steroid dienone is 1. The van der Waals surface area contributed by atoms with Gasteiger partial charge in [0.05, 0.1) is 8.07 Å². The molecule has 66 valence electrons. The summed E-state index contributed by atoms with van der Waals surface area (Å²) in [7, 11) is 0.400. The number of unbranched alkanes of at least 4 members (excludes halogenated alkanes) is 2. The lowest BCUT2D eigenvalue weighted by atomic mass is 10.2. The van der Waals surface area contributed by atoms with Crippen molar-refractivity contribution in [1.29, 1.82) is 0 Å². The van der Waals surface area contributed by atoms with Crippen LogP contribution in [-0.2, 0) is 0 Å². The molecular formula is C9H22Si2. The summed E-state index contributed by atoms with van der Waals surface area (Å²) < 4.78 is 0.